The van der Waals surface area contributed by atoms with E-state index in [4.69, 9.17) is 5.11 Å². The first kappa shape index (κ1) is 9.18. The van der Waals surface area contributed by atoms with E-state index in [1.807, 2.05) is 6.08 Å². The van der Waals surface area contributed by atoms with E-state index in [1.165, 1.54) is 5.01 Å². The van der Waals surface area contributed by atoms with Gasteiger partial charge in [-0.05, 0) is 19.3 Å². The van der Waals surface area contributed by atoms with Crippen LogP contribution in [0.1, 0.15) is 19.3 Å². The molecule has 1 saturated carbocycles. The summed E-state index contributed by atoms with van der Waals surface area (Å²) >= 11 is 0. The molecule has 5 nitrogen and oxygen atoms in total. The summed E-state index contributed by atoms with van der Waals surface area (Å²) in [6, 6.07) is 0. The highest BCUT2D eigenvalue weighted by Crippen LogP contribution is 2.53. The maximum absolute atomic E-state index is 11.0. The van der Waals surface area contributed by atoms with Gasteiger partial charge in [-0.2, -0.15) is 0 Å². The van der Waals surface area contributed by atoms with E-state index < -0.39 is 11.4 Å². The average Bonchev–Trinajstić information content (AvgIpc) is 2.99. The van der Waals surface area contributed by atoms with E-state index in [-0.39, 0.29) is 0 Å². The summed E-state index contributed by atoms with van der Waals surface area (Å²) in [6.45, 7) is 0.998. The van der Waals surface area contributed by atoms with Gasteiger partial charge in [0.2, 0.25) is 0 Å². The molecule has 2 rings (SSSR count). The van der Waals surface area contributed by atoms with E-state index >= 15 is 0 Å². The van der Waals surface area contributed by atoms with Crippen molar-refractivity contribution in [2.45, 2.75) is 19.3 Å². The van der Waals surface area contributed by atoms with Crippen LogP contribution < -0.4 is 0 Å². The maximum Gasteiger partial charge on any atom is 0.313 e. The molecule has 1 heterocycles. The molecule has 0 bridgehead atoms. The highest BCUT2D eigenvalue weighted by molar-refractivity contribution is 5.82. The lowest BCUT2D eigenvalue weighted by molar-refractivity contribution is -0.141. The van der Waals surface area contributed by atoms with Gasteiger partial charge in [-0.25, -0.2) is 0 Å². The number of rotatable bonds is 3. The SMILES string of the molecule is O=NN1CC=C(C2(C(=O)O)CC2)CC1. The molecule has 5 heteroatoms. The van der Waals surface area contributed by atoms with Crippen LogP contribution in [0.25, 0.3) is 0 Å². The molecule has 0 aromatic heterocycles. The number of hydrogen-bond acceptors (Lipinski definition) is 3. The highest BCUT2D eigenvalue weighted by atomic mass is 16.4. The van der Waals surface area contributed by atoms with Gasteiger partial charge in [0.25, 0.3) is 0 Å². The molecular formula is C9H12N2O3. The Balaban J connectivity index is 2.10. The third-order valence-electron chi connectivity index (χ3n) is 3.08. The Labute approximate surface area is 81.3 Å². The normalized spacial score (nSPS) is 24.0. The van der Waals surface area contributed by atoms with Crippen LogP contribution in [0.5, 0.6) is 0 Å². The van der Waals surface area contributed by atoms with Gasteiger partial charge < -0.3 is 5.11 Å². The fraction of sp³-hybridized carbons (Fsp3) is 0.667. The van der Waals surface area contributed by atoms with Crippen molar-refractivity contribution in [1.82, 2.24) is 5.01 Å². The quantitative estimate of drug-likeness (QED) is 0.543. The van der Waals surface area contributed by atoms with Crippen LogP contribution in [-0.2, 0) is 4.79 Å². The smallest absolute Gasteiger partial charge is 0.313 e. The van der Waals surface area contributed by atoms with Gasteiger partial charge in [-0.1, -0.05) is 11.6 Å². The Kier molecular flexibility index (Phi) is 2.02. The van der Waals surface area contributed by atoms with E-state index in [0.29, 0.717) is 19.5 Å². The number of nitrogens with zero attached hydrogens (tertiary/aromatic N) is 2. The van der Waals surface area contributed by atoms with Gasteiger partial charge in [-0.15, -0.1) is 4.91 Å². The third-order valence-corrected chi connectivity index (χ3v) is 3.08. The minimum Gasteiger partial charge on any atom is -0.481 e. The third kappa shape index (κ3) is 1.29. The number of nitroso groups, excluding NO2 is 1. The Morgan fingerprint density at radius 2 is 2.29 bits per heavy atom. The average molecular weight is 196 g/mol. The van der Waals surface area contributed by atoms with E-state index in [1.54, 1.807) is 0 Å². The predicted molar refractivity (Wildman–Crippen MR) is 49.4 cm³/mol. The van der Waals surface area contributed by atoms with Crippen molar-refractivity contribution in [2.24, 2.45) is 10.7 Å². The minimum absolute atomic E-state index is 0.452. The van der Waals surface area contributed by atoms with Gasteiger partial charge in [0, 0.05) is 6.54 Å². The molecule has 1 N–H and O–H groups in total. The fourth-order valence-electron chi connectivity index (χ4n) is 1.96. The molecule has 0 unspecified atom stereocenters. The van der Waals surface area contributed by atoms with E-state index in [2.05, 4.69) is 5.29 Å². The summed E-state index contributed by atoms with van der Waals surface area (Å²) in [5, 5.41) is 13.3. The van der Waals surface area contributed by atoms with Crippen molar-refractivity contribution in [3.05, 3.63) is 16.6 Å². The summed E-state index contributed by atoms with van der Waals surface area (Å²) in [6.07, 6.45) is 3.97. The number of hydrogen-bond donors (Lipinski definition) is 1. The second-order valence-corrected chi connectivity index (χ2v) is 3.86. The number of carbonyl (C=O) groups is 1. The summed E-state index contributed by atoms with van der Waals surface area (Å²) in [5.74, 6) is -0.726. The monoisotopic (exact) mass is 196 g/mol. The fourth-order valence-corrected chi connectivity index (χ4v) is 1.96. The Hall–Kier alpha value is -1.39. The molecule has 1 aliphatic carbocycles. The molecule has 0 amide bonds. The highest BCUT2D eigenvalue weighted by Gasteiger charge is 2.53. The zero-order valence-corrected chi connectivity index (χ0v) is 7.77. The number of aliphatic carboxylic acids is 1. The van der Waals surface area contributed by atoms with Gasteiger partial charge in [0.15, 0.2) is 0 Å². The summed E-state index contributed by atoms with van der Waals surface area (Å²) in [4.78, 5) is 21.2. The summed E-state index contributed by atoms with van der Waals surface area (Å²) in [5.41, 5.74) is 0.388. The molecule has 2 aliphatic rings. The Morgan fingerprint density at radius 1 is 1.57 bits per heavy atom. The molecule has 0 radical (unpaired) electrons. The van der Waals surface area contributed by atoms with Crippen molar-refractivity contribution < 1.29 is 9.90 Å². The first-order valence-electron chi connectivity index (χ1n) is 4.70. The van der Waals surface area contributed by atoms with Crippen LogP contribution >= 0.6 is 0 Å². The first-order valence-corrected chi connectivity index (χ1v) is 4.70. The van der Waals surface area contributed by atoms with Crippen molar-refractivity contribution >= 4 is 5.97 Å². The summed E-state index contributed by atoms with van der Waals surface area (Å²) < 4.78 is 0. The summed E-state index contributed by atoms with van der Waals surface area (Å²) in [7, 11) is 0. The zero-order valence-electron chi connectivity index (χ0n) is 7.77. The lowest BCUT2D eigenvalue weighted by atomic mass is 9.91. The molecule has 14 heavy (non-hydrogen) atoms. The van der Waals surface area contributed by atoms with Gasteiger partial charge >= 0.3 is 5.97 Å². The van der Waals surface area contributed by atoms with Crippen LogP contribution in [0, 0.1) is 10.3 Å². The second-order valence-electron chi connectivity index (χ2n) is 3.86. The first-order chi connectivity index (χ1) is 6.69. The van der Waals surface area contributed by atoms with Crippen molar-refractivity contribution in [3.8, 4) is 0 Å². The lowest BCUT2D eigenvalue weighted by Gasteiger charge is -2.24. The van der Waals surface area contributed by atoms with Crippen LogP contribution in [0.3, 0.4) is 0 Å². The number of carboxylic acid groups (broad SMARTS) is 1. The molecule has 0 aromatic rings. The zero-order chi connectivity index (χ0) is 10.2. The van der Waals surface area contributed by atoms with Gasteiger partial charge in [0.1, 0.15) is 0 Å². The molecular weight excluding hydrogens is 184 g/mol. The number of carboxylic acids is 1. The molecule has 76 valence electrons. The lowest BCUT2D eigenvalue weighted by Crippen LogP contribution is -2.28. The Morgan fingerprint density at radius 3 is 2.64 bits per heavy atom. The topological polar surface area (TPSA) is 70.0 Å². The minimum atomic E-state index is -0.726. The van der Waals surface area contributed by atoms with Crippen LogP contribution in [-0.4, -0.2) is 29.2 Å². The molecule has 0 saturated heterocycles. The van der Waals surface area contributed by atoms with Crippen LogP contribution in [0.15, 0.2) is 16.9 Å². The molecule has 0 atom stereocenters. The van der Waals surface area contributed by atoms with Gasteiger partial charge in [0.05, 0.1) is 17.2 Å². The molecule has 0 spiro atoms. The van der Waals surface area contributed by atoms with Crippen molar-refractivity contribution in [3.63, 3.8) is 0 Å². The van der Waals surface area contributed by atoms with Crippen molar-refractivity contribution in [2.75, 3.05) is 13.1 Å². The van der Waals surface area contributed by atoms with Crippen LogP contribution in [0.2, 0.25) is 0 Å². The largest absolute Gasteiger partial charge is 0.481 e. The standard InChI is InChI=1S/C9H12N2O3/c12-8(13)9(3-4-9)7-1-5-11(10-14)6-2-7/h1H,2-6H2,(H,12,13). The Bertz CT molecular complexity index is 307. The maximum atomic E-state index is 11.0. The molecule has 1 aliphatic heterocycles. The van der Waals surface area contributed by atoms with E-state index in [9.17, 15) is 9.70 Å². The van der Waals surface area contributed by atoms with Crippen molar-refractivity contribution in [1.29, 1.82) is 0 Å². The van der Waals surface area contributed by atoms with Crippen LogP contribution in [0.4, 0.5) is 0 Å². The molecule has 1 fully saturated rings. The predicted octanol–water partition coefficient (Wildman–Crippen LogP) is 1.16. The second kappa shape index (κ2) is 3.08. The van der Waals surface area contributed by atoms with E-state index in [0.717, 1.165) is 18.4 Å². The molecule has 0 aromatic carbocycles. The van der Waals surface area contributed by atoms with Gasteiger partial charge in [-0.3, -0.25) is 9.80 Å².